The largest absolute Gasteiger partial charge is 0.488 e. The van der Waals surface area contributed by atoms with Gasteiger partial charge in [0.05, 0.1) is 16.3 Å². The fourth-order valence-electron chi connectivity index (χ4n) is 4.45. The number of benzene rings is 5. The summed E-state index contributed by atoms with van der Waals surface area (Å²) >= 11 is 19.9. The molecule has 1 fully saturated rings. The molecule has 4 nitrogen and oxygen atoms in total. The van der Waals surface area contributed by atoms with E-state index in [1.54, 1.807) is 41.3 Å². The van der Waals surface area contributed by atoms with E-state index in [2.05, 4.69) is 0 Å². The molecule has 5 aromatic carbocycles. The predicted octanol–water partition coefficient (Wildman–Crippen LogP) is 10.2. The Balaban J connectivity index is 1.44. The summed E-state index contributed by atoms with van der Waals surface area (Å²) in [4.78, 5) is 20.9. The number of ether oxygens (including phenoxy) is 1. The molecule has 6 rings (SSSR count). The van der Waals surface area contributed by atoms with Crippen LogP contribution in [0.4, 0.5) is 11.4 Å². The number of rotatable bonds is 6. The molecule has 0 aromatic heterocycles. The zero-order valence-electron chi connectivity index (χ0n) is 21.4. The van der Waals surface area contributed by atoms with Crippen LogP contribution in [-0.4, -0.2) is 11.1 Å². The zero-order valence-corrected chi connectivity index (χ0v) is 24.5. The molecule has 5 aromatic rings. The molecule has 0 aliphatic carbocycles. The Hall–Kier alpha value is -3.74. The van der Waals surface area contributed by atoms with Crippen LogP contribution in [0.1, 0.15) is 11.1 Å². The first-order valence-corrected chi connectivity index (χ1v) is 14.6. The smallest absolute Gasteiger partial charge is 0.271 e. The number of hydrogen-bond acceptors (Lipinski definition) is 4. The first kappa shape index (κ1) is 27.4. The van der Waals surface area contributed by atoms with Crippen LogP contribution in [0.5, 0.6) is 5.75 Å². The van der Waals surface area contributed by atoms with Gasteiger partial charge < -0.3 is 4.74 Å². The Morgan fingerprint density at radius 1 is 0.780 bits per heavy atom. The van der Waals surface area contributed by atoms with Gasteiger partial charge in [-0.3, -0.25) is 9.69 Å². The molecule has 1 saturated heterocycles. The maximum absolute atomic E-state index is 14.0. The highest BCUT2D eigenvalue weighted by Crippen LogP contribution is 2.40. The second-order valence-electron chi connectivity index (χ2n) is 9.18. The highest BCUT2D eigenvalue weighted by atomic mass is 35.5. The molecule has 0 bridgehead atoms. The van der Waals surface area contributed by atoms with Gasteiger partial charge in [-0.1, -0.05) is 83.3 Å². The summed E-state index contributed by atoms with van der Waals surface area (Å²) in [5.74, 6) is 0.445. The van der Waals surface area contributed by atoms with Crippen molar-refractivity contribution in [1.82, 2.24) is 0 Å². The van der Waals surface area contributed by atoms with Crippen LogP contribution < -0.4 is 9.64 Å². The summed E-state index contributed by atoms with van der Waals surface area (Å²) < 4.78 is 6.30. The number of carbonyl (C=O) groups is 1. The van der Waals surface area contributed by atoms with Gasteiger partial charge in [-0.25, -0.2) is 4.99 Å². The SMILES string of the molecule is O=C1/C(=C/c2c(OCc3ccccc3Cl)ccc3ccccc23)SC(=Nc2ccc(Cl)cc2)N1c1ccc(Cl)cc1. The summed E-state index contributed by atoms with van der Waals surface area (Å²) in [6.45, 7) is 0.287. The molecular formula is C33H21Cl3N2O2S. The van der Waals surface area contributed by atoms with E-state index < -0.39 is 0 Å². The van der Waals surface area contributed by atoms with Crippen molar-refractivity contribution in [2.75, 3.05) is 4.90 Å². The molecule has 1 aliphatic heterocycles. The van der Waals surface area contributed by atoms with Crippen molar-refractivity contribution in [3.63, 3.8) is 0 Å². The third-order valence-electron chi connectivity index (χ3n) is 6.49. The molecule has 0 radical (unpaired) electrons. The van der Waals surface area contributed by atoms with E-state index in [4.69, 9.17) is 44.5 Å². The van der Waals surface area contributed by atoms with Gasteiger partial charge in [0.25, 0.3) is 5.91 Å². The minimum Gasteiger partial charge on any atom is -0.488 e. The highest BCUT2D eigenvalue weighted by molar-refractivity contribution is 8.19. The quantitative estimate of drug-likeness (QED) is 0.179. The van der Waals surface area contributed by atoms with Crippen molar-refractivity contribution in [2.45, 2.75) is 6.61 Å². The number of amides is 1. The van der Waals surface area contributed by atoms with Crippen LogP contribution in [-0.2, 0) is 11.4 Å². The van der Waals surface area contributed by atoms with Gasteiger partial charge in [0, 0.05) is 26.2 Å². The normalized spacial score (nSPS) is 15.3. The number of anilines is 1. The fraction of sp³-hybridized carbons (Fsp3) is 0.0303. The average Bonchev–Trinajstić information content (AvgIpc) is 3.29. The second kappa shape index (κ2) is 12.0. The van der Waals surface area contributed by atoms with Crippen molar-refractivity contribution < 1.29 is 9.53 Å². The summed E-state index contributed by atoms with van der Waals surface area (Å²) in [6, 6.07) is 33.8. The average molecular weight is 616 g/mol. The number of thioether (sulfide) groups is 1. The van der Waals surface area contributed by atoms with Crippen molar-refractivity contribution in [1.29, 1.82) is 0 Å². The number of hydrogen-bond donors (Lipinski definition) is 0. The van der Waals surface area contributed by atoms with Gasteiger partial charge in [0.1, 0.15) is 12.4 Å². The number of halogens is 3. The van der Waals surface area contributed by atoms with Crippen LogP contribution in [0.15, 0.2) is 119 Å². The minimum absolute atomic E-state index is 0.199. The second-order valence-corrected chi connectivity index (χ2v) is 11.5. The van der Waals surface area contributed by atoms with Crippen LogP contribution in [0.2, 0.25) is 15.1 Å². The monoisotopic (exact) mass is 614 g/mol. The van der Waals surface area contributed by atoms with E-state index in [9.17, 15) is 4.79 Å². The molecule has 0 spiro atoms. The molecule has 1 amide bonds. The molecule has 8 heteroatoms. The summed E-state index contributed by atoms with van der Waals surface area (Å²) in [7, 11) is 0. The van der Waals surface area contributed by atoms with E-state index in [0.717, 1.165) is 21.9 Å². The van der Waals surface area contributed by atoms with Crippen molar-refractivity contribution in [3.05, 3.63) is 140 Å². The van der Waals surface area contributed by atoms with Gasteiger partial charge >= 0.3 is 0 Å². The molecular weight excluding hydrogens is 595 g/mol. The lowest BCUT2D eigenvalue weighted by molar-refractivity contribution is -0.113. The molecule has 1 aliphatic rings. The van der Waals surface area contributed by atoms with Crippen LogP contribution in [0, 0.1) is 0 Å². The molecule has 1 heterocycles. The van der Waals surface area contributed by atoms with E-state index in [1.165, 1.54) is 11.8 Å². The van der Waals surface area contributed by atoms with Crippen molar-refractivity contribution in [2.24, 2.45) is 4.99 Å². The lowest BCUT2D eigenvalue weighted by atomic mass is 10.0. The molecule has 0 saturated carbocycles. The summed E-state index contributed by atoms with van der Waals surface area (Å²) in [6.07, 6.45) is 1.88. The molecule has 202 valence electrons. The maximum Gasteiger partial charge on any atom is 0.271 e. The Kier molecular flexibility index (Phi) is 8.04. The van der Waals surface area contributed by atoms with Gasteiger partial charge in [-0.15, -0.1) is 0 Å². The molecule has 41 heavy (non-hydrogen) atoms. The topological polar surface area (TPSA) is 41.9 Å². The molecule has 0 atom stereocenters. The lowest BCUT2D eigenvalue weighted by Gasteiger charge is -2.16. The number of amidine groups is 1. The van der Waals surface area contributed by atoms with Crippen molar-refractivity contribution in [3.8, 4) is 5.75 Å². The van der Waals surface area contributed by atoms with Gasteiger partial charge in [-0.05, 0) is 89.3 Å². The standard InChI is InChI=1S/C33H21Cl3N2O2S/c34-23-10-14-25(15-11-23)37-33-38(26-16-12-24(35)13-17-26)32(39)31(41-33)19-28-27-7-3-1-5-21(27)9-18-30(28)40-20-22-6-2-4-8-29(22)36/h1-19H,20H2/b31-19-,37-33?. The van der Waals surface area contributed by atoms with Gasteiger partial charge in [0.2, 0.25) is 0 Å². The Labute approximate surface area is 256 Å². The first-order valence-electron chi connectivity index (χ1n) is 12.7. The van der Waals surface area contributed by atoms with Crippen LogP contribution in [0.25, 0.3) is 16.8 Å². The predicted molar refractivity (Wildman–Crippen MR) is 173 cm³/mol. The van der Waals surface area contributed by atoms with Crippen molar-refractivity contribution >= 4 is 85.9 Å². The van der Waals surface area contributed by atoms with Crippen LogP contribution in [0.3, 0.4) is 0 Å². The van der Waals surface area contributed by atoms with Gasteiger partial charge in [-0.2, -0.15) is 0 Å². The lowest BCUT2D eigenvalue weighted by Crippen LogP contribution is -2.28. The number of fused-ring (bicyclic) bond motifs is 1. The van der Waals surface area contributed by atoms with E-state index in [0.29, 0.717) is 42.3 Å². The first-order chi connectivity index (χ1) is 20.0. The van der Waals surface area contributed by atoms with E-state index in [-0.39, 0.29) is 12.5 Å². The molecule has 0 unspecified atom stereocenters. The summed E-state index contributed by atoms with van der Waals surface area (Å²) in [5, 5.41) is 4.34. The van der Waals surface area contributed by atoms with Crippen LogP contribution >= 0.6 is 46.6 Å². The number of carbonyl (C=O) groups excluding carboxylic acids is 1. The number of aliphatic imine (C=N–C) groups is 1. The Morgan fingerprint density at radius 3 is 2.22 bits per heavy atom. The minimum atomic E-state index is -0.199. The number of nitrogens with zero attached hydrogens (tertiary/aromatic N) is 2. The summed E-state index contributed by atoms with van der Waals surface area (Å²) in [5.41, 5.74) is 3.02. The fourth-order valence-corrected chi connectivity index (χ4v) is 5.87. The Morgan fingerprint density at radius 2 is 1.46 bits per heavy atom. The maximum atomic E-state index is 14.0. The molecule has 0 N–H and O–H groups in total. The highest BCUT2D eigenvalue weighted by Gasteiger charge is 2.35. The van der Waals surface area contributed by atoms with E-state index >= 15 is 0 Å². The Bertz CT molecular complexity index is 1820. The van der Waals surface area contributed by atoms with Gasteiger partial charge in [0.15, 0.2) is 5.17 Å². The van der Waals surface area contributed by atoms with E-state index in [1.807, 2.05) is 78.9 Å². The third kappa shape index (κ3) is 5.99. The third-order valence-corrected chi connectivity index (χ3v) is 8.33. The zero-order chi connectivity index (χ0) is 28.3.